The van der Waals surface area contributed by atoms with Crippen LogP contribution < -0.4 is 15.0 Å². The van der Waals surface area contributed by atoms with Gasteiger partial charge in [-0.2, -0.15) is 0 Å². The van der Waals surface area contributed by atoms with Gasteiger partial charge in [0.05, 0.1) is 24.1 Å². The van der Waals surface area contributed by atoms with Crippen LogP contribution in [0.2, 0.25) is 0 Å². The largest absolute Gasteiger partial charge is 0.504 e. The average molecular weight is 410 g/mol. The minimum Gasteiger partial charge on any atom is -0.504 e. The lowest BCUT2D eigenvalue weighted by molar-refractivity contribution is -0.142. The van der Waals surface area contributed by atoms with Crippen molar-refractivity contribution in [2.75, 3.05) is 11.5 Å². The number of para-hydroxylation sites is 1. The summed E-state index contributed by atoms with van der Waals surface area (Å²) in [5, 5.41) is 23.2. The van der Waals surface area contributed by atoms with Gasteiger partial charge in [0.25, 0.3) is 0 Å². The highest BCUT2D eigenvalue weighted by atomic mass is 16.5. The molecule has 2 aliphatic heterocycles. The number of hydrogen-bond donors (Lipinski definition) is 3. The molecule has 30 heavy (non-hydrogen) atoms. The first-order valence-electron chi connectivity index (χ1n) is 9.73. The number of aryl methyl sites for hydroxylation is 1. The summed E-state index contributed by atoms with van der Waals surface area (Å²) in [4.78, 5) is 39.4. The van der Waals surface area contributed by atoms with Gasteiger partial charge in [0.1, 0.15) is 6.04 Å². The fraction of sp³-hybridized carbons (Fsp3) is 0.318. The molecule has 2 aliphatic rings. The third kappa shape index (κ3) is 3.00. The fourth-order valence-corrected chi connectivity index (χ4v) is 4.33. The Morgan fingerprint density at radius 1 is 1.10 bits per heavy atom. The van der Waals surface area contributed by atoms with Crippen LogP contribution >= 0.6 is 0 Å². The number of rotatable bonds is 5. The lowest BCUT2D eigenvalue weighted by Gasteiger charge is -2.22. The molecule has 0 saturated carbocycles. The highest BCUT2D eigenvalue weighted by Crippen LogP contribution is 2.48. The molecule has 2 saturated heterocycles. The monoisotopic (exact) mass is 410 g/mol. The first-order chi connectivity index (χ1) is 14.3. The number of phenolic OH excluding ortho intramolecular Hbond substituents is 1. The van der Waals surface area contributed by atoms with Gasteiger partial charge in [-0.15, -0.1) is 0 Å². The number of imide groups is 1. The van der Waals surface area contributed by atoms with Crippen LogP contribution in [0.4, 0.5) is 5.69 Å². The molecule has 8 nitrogen and oxygen atoms in total. The van der Waals surface area contributed by atoms with E-state index in [4.69, 9.17) is 4.74 Å². The summed E-state index contributed by atoms with van der Waals surface area (Å²) >= 11 is 0. The van der Waals surface area contributed by atoms with Crippen molar-refractivity contribution >= 4 is 23.5 Å². The van der Waals surface area contributed by atoms with Crippen LogP contribution in [-0.2, 0) is 14.4 Å². The van der Waals surface area contributed by atoms with Gasteiger partial charge in [-0.25, -0.2) is 4.90 Å². The Morgan fingerprint density at radius 2 is 1.77 bits per heavy atom. The highest BCUT2D eigenvalue weighted by molar-refractivity contribution is 6.23. The first-order valence-corrected chi connectivity index (χ1v) is 9.73. The molecule has 0 spiro atoms. The number of nitrogens with one attached hydrogen (secondary N) is 1. The summed E-state index contributed by atoms with van der Waals surface area (Å²) in [6, 6.07) is 9.65. The molecule has 0 bridgehead atoms. The SMILES string of the molecule is CCOc1cccc([C@@H]2N[C@H](C(=O)O)[C@H]3C(=O)N(c4ccc(C)cc4)C(=O)[C@H]32)c1O. The molecule has 0 aromatic heterocycles. The topological polar surface area (TPSA) is 116 Å². The number of carbonyl (C=O) groups excluding carboxylic acids is 2. The summed E-state index contributed by atoms with van der Waals surface area (Å²) in [7, 11) is 0. The highest BCUT2D eigenvalue weighted by Gasteiger charge is 2.61. The molecule has 2 heterocycles. The van der Waals surface area contributed by atoms with E-state index in [1.807, 2.05) is 6.92 Å². The zero-order valence-electron chi connectivity index (χ0n) is 16.5. The number of carboxylic acids is 1. The Morgan fingerprint density at radius 3 is 2.40 bits per heavy atom. The minimum atomic E-state index is -1.25. The number of aliphatic carboxylic acids is 1. The Kier molecular flexibility index (Phi) is 4.95. The van der Waals surface area contributed by atoms with Crippen molar-refractivity contribution in [2.24, 2.45) is 11.8 Å². The number of nitrogens with zero attached hydrogens (tertiary/aromatic N) is 1. The number of aromatic hydroxyl groups is 1. The average Bonchev–Trinajstić information content (AvgIpc) is 3.22. The van der Waals surface area contributed by atoms with E-state index in [0.717, 1.165) is 10.5 Å². The van der Waals surface area contributed by atoms with Gasteiger partial charge in [0.2, 0.25) is 11.8 Å². The number of benzene rings is 2. The number of hydrogen-bond acceptors (Lipinski definition) is 6. The standard InChI is InChI=1S/C22H22N2O6/c1-3-30-14-6-4-5-13(19(14)25)17-15-16(18(23-17)22(28)29)21(27)24(20(15)26)12-9-7-11(2)8-10-12/h4-10,15-18,23,25H,3H2,1-2H3,(H,28,29)/t15-,16+,17+,18+/m1/s1. The number of phenols is 1. The molecule has 2 aromatic carbocycles. The van der Waals surface area contributed by atoms with Gasteiger partial charge in [0, 0.05) is 11.6 Å². The Bertz CT molecular complexity index is 1020. The van der Waals surface area contributed by atoms with Crippen LogP contribution in [0.25, 0.3) is 0 Å². The summed E-state index contributed by atoms with van der Waals surface area (Å²) in [5.41, 5.74) is 1.70. The first kappa shape index (κ1) is 19.9. The number of fused-ring (bicyclic) bond motifs is 1. The predicted molar refractivity (Wildman–Crippen MR) is 107 cm³/mol. The molecular weight excluding hydrogens is 388 g/mol. The van der Waals surface area contributed by atoms with E-state index >= 15 is 0 Å². The van der Waals surface area contributed by atoms with Crippen molar-refractivity contribution in [3.63, 3.8) is 0 Å². The van der Waals surface area contributed by atoms with E-state index in [-0.39, 0.29) is 11.5 Å². The minimum absolute atomic E-state index is 0.171. The maximum Gasteiger partial charge on any atom is 0.321 e. The maximum atomic E-state index is 13.3. The van der Waals surface area contributed by atoms with Gasteiger partial charge < -0.3 is 14.9 Å². The summed E-state index contributed by atoms with van der Waals surface area (Å²) in [6.45, 7) is 3.99. The van der Waals surface area contributed by atoms with Crippen molar-refractivity contribution in [3.8, 4) is 11.5 Å². The van der Waals surface area contributed by atoms with Crippen molar-refractivity contribution in [1.82, 2.24) is 5.32 Å². The van der Waals surface area contributed by atoms with Crippen LogP contribution in [0.1, 0.15) is 24.1 Å². The second-order valence-electron chi connectivity index (χ2n) is 7.49. The summed E-state index contributed by atoms with van der Waals surface area (Å²) in [5.74, 6) is -4.23. The second-order valence-corrected chi connectivity index (χ2v) is 7.49. The quantitative estimate of drug-likeness (QED) is 0.646. The van der Waals surface area contributed by atoms with Crippen LogP contribution in [-0.4, -0.2) is 40.6 Å². The van der Waals surface area contributed by atoms with Gasteiger partial charge >= 0.3 is 5.97 Å². The number of carboxylic acid groups (broad SMARTS) is 1. The summed E-state index contributed by atoms with van der Waals surface area (Å²) in [6.07, 6.45) is 0. The molecule has 0 unspecified atom stereocenters. The van der Waals surface area contributed by atoms with E-state index in [9.17, 15) is 24.6 Å². The predicted octanol–water partition coefficient (Wildman–Crippen LogP) is 2.00. The molecule has 156 valence electrons. The number of carbonyl (C=O) groups is 3. The van der Waals surface area contributed by atoms with Crippen LogP contribution in [0.15, 0.2) is 42.5 Å². The summed E-state index contributed by atoms with van der Waals surface area (Å²) < 4.78 is 5.42. The normalized spacial score (nSPS) is 25.5. The van der Waals surface area contributed by atoms with E-state index in [1.165, 1.54) is 0 Å². The van der Waals surface area contributed by atoms with Gasteiger partial charge in [0.15, 0.2) is 11.5 Å². The molecule has 2 amide bonds. The molecule has 3 N–H and O–H groups in total. The number of amides is 2. The van der Waals surface area contributed by atoms with Crippen molar-refractivity contribution < 1.29 is 29.3 Å². The van der Waals surface area contributed by atoms with Crippen molar-refractivity contribution in [2.45, 2.75) is 25.9 Å². The van der Waals surface area contributed by atoms with E-state index < -0.39 is 41.7 Å². The van der Waals surface area contributed by atoms with E-state index in [1.54, 1.807) is 49.4 Å². The van der Waals surface area contributed by atoms with Crippen molar-refractivity contribution in [1.29, 1.82) is 0 Å². The Hall–Kier alpha value is -3.39. The third-order valence-corrected chi connectivity index (χ3v) is 5.70. The Balaban J connectivity index is 1.78. The van der Waals surface area contributed by atoms with E-state index in [0.29, 0.717) is 17.9 Å². The van der Waals surface area contributed by atoms with Crippen LogP contribution in [0, 0.1) is 18.8 Å². The van der Waals surface area contributed by atoms with Gasteiger partial charge in [-0.1, -0.05) is 29.8 Å². The molecule has 8 heteroatoms. The van der Waals surface area contributed by atoms with Crippen LogP contribution in [0.5, 0.6) is 11.5 Å². The molecule has 4 rings (SSSR count). The molecule has 0 radical (unpaired) electrons. The number of anilines is 1. The Labute approximate surface area is 173 Å². The molecule has 0 aliphatic carbocycles. The van der Waals surface area contributed by atoms with Crippen LogP contribution in [0.3, 0.4) is 0 Å². The molecule has 2 aromatic rings. The van der Waals surface area contributed by atoms with Crippen molar-refractivity contribution in [3.05, 3.63) is 53.6 Å². The molecular formula is C22H22N2O6. The third-order valence-electron chi connectivity index (χ3n) is 5.70. The molecule has 2 fully saturated rings. The van der Waals surface area contributed by atoms with Gasteiger partial charge in [-0.05, 0) is 32.0 Å². The lowest BCUT2D eigenvalue weighted by Crippen LogP contribution is -2.43. The zero-order chi connectivity index (χ0) is 21.6. The maximum absolute atomic E-state index is 13.3. The second kappa shape index (κ2) is 7.46. The smallest absolute Gasteiger partial charge is 0.321 e. The number of ether oxygens (including phenoxy) is 1. The zero-order valence-corrected chi connectivity index (χ0v) is 16.5. The van der Waals surface area contributed by atoms with E-state index in [2.05, 4.69) is 5.32 Å². The lowest BCUT2D eigenvalue weighted by atomic mass is 9.86. The molecule has 4 atom stereocenters. The fourth-order valence-electron chi connectivity index (χ4n) is 4.33. The van der Waals surface area contributed by atoms with Gasteiger partial charge in [-0.3, -0.25) is 19.7 Å².